The lowest BCUT2D eigenvalue weighted by Gasteiger charge is -2.51. The average molecular weight is 341 g/mol. The molecular formula is C26H28. The van der Waals surface area contributed by atoms with Gasteiger partial charge in [-0.05, 0) is 69.4 Å². The number of hydrogen-bond donors (Lipinski definition) is 0. The molecule has 0 bridgehead atoms. The van der Waals surface area contributed by atoms with E-state index in [0.29, 0.717) is 5.92 Å². The first-order valence-corrected chi connectivity index (χ1v) is 9.99. The second-order valence-electron chi connectivity index (χ2n) is 9.63. The number of hydrogen-bond acceptors (Lipinski definition) is 0. The third-order valence-corrected chi connectivity index (χ3v) is 7.17. The molecule has 0 saturated heterocycles. The Labute approximate surface area is 157 Å². The predicted molar refractivity (Wildman–Crippen MR) is 111 cm³/mol. The van der Waals surface area contributed by atoms with E-state index in [0.717, 1.165) is 12.8 Å². The summed E-state index contributed by atoms with van der Waals surface area (Å²) < 4.78 is 0. The Hall–Kier alpha value is -2.08. The lowest BCUT2D eigenvalue weighted by molar-refractivity contribution is 0.143. The van der Waals surface area contributed by atoms with Gasteiger partial charge in [-0.1, -0.05) is 87.9 Å². The zero-order valence-electron chi connectivity index (χ0n) is 16.4. The van der Waals surface area contributed by atoms with Crippen molar-refractivity contribution in [2.75, 3.05) is 0 Å². The Bertz CT molecular complexity index is 965. The summed E-state index contributed by atoms with van der Waals surface area (Å²) in [6, 6.07) is 18.1. The summed E-state index contributed by atoms with van der Waals surface area (Å²) >= 11 is 0. The Morgan fingerprint density at radius 2 is 1.46 bits per heavy atom. The van der Waals surface area contributed by atoms with Crippen molar-refractivity contribution >= 4 is 11.1 Å². The fourth-order valence-electron chi connectivity index (χ4n) is 6.35. The lowest BCUT2D eigenvalue weighted by atomic mass is 9.52. The second kappa shape index (κ2) is 5.22. The third kappa shape index (κ3) is 2.08. The molecule has 0 heteroatoms. The monoisotopic (exact) mass is 340 g/mol. The summed E-state index contributed by atoms with van der Waals surface area (Å²) in [7, 11) is 0. The highest BCUT2D eigenvalue weighted by Crippen LogP contribution is 2.63. The number of fused-ring (bicyclic) bond motifs is 3. The molecule has 0 saturated carbocycles. The molecule has 3 aliphatic carbocycles. The van der Waals surface area contributed by atoms with Crippen molar-refractivity contribution in [2.45, 2.75) is 47.0 Å². The van der Waals surface area contributed by atoms with Crippen molar-refractivity contribution in [3.05, 3.63) is 82.4 Å². The maximum Gasteiger partial charge on any atom is -0.00155 e. The molecule has 0 nitrogen and oxygen atoms in total. The number of benzene rings is 2. The smallest absolute Gasteiger partial charge is 0.00155 e. The first kappa shape index (κ1) is 16.1. The molecule has 0 amide bonds. The summed E-state index contributed by atoms with van der Waals surface area (Å²) in [6.45, 7) is 9.99. The molecule has 132 valence electrons. The SMILES string of the molecule is CC1(C)CC2=C(Cc3ccccc32)C(C)(C)[C@H]1C1=CCc2ccccc21. The zero-order chi connectivity index (χ0) is 18.1. The standard InChI is InChI=1S/C26H28/c1-25(2)16-22-20-12-8-6-10-18(20)15-23(22)26(3,4)24(25)21-14-13-17-9-5-7-11-19(17)21/h5-12,14,24H,13,15-16H2,1-4H3/t24-/m0/s1. The minimum absolute atomic E-state index is 0.180. The van der Waals surface area contributed by atoms with Gasteiger partial charge in [-0.3, -0.25) is 0 Å². The van der Waals surface area contributed by atoms with Crippen LogP contribution in [-0.4, -0.2) is 0 Å². The minimum Gasteiger partial charge on any atom is -0.0759 e. The molecule has 0 unspecified atom stereocenters. The van der Waals surface area contributed by atoms with Gasteiger partial charge in [0.2, 0.25) is 0 Å². The van der Waals surface area contributed by atoms with Gasteiger partial charge in [0.1, 0.15) is 0 Å². The Balaban J connectivity index is 1.66. The Kier molecular flexibility index (Phi) is 3.24. The van der Waals surface area contributed by atoms with Crippen LogP contribution in [0.1, 0.15) is 56.4 Å². The van der Waals surface area contributed by atoms with Crippen molar-refractivity contribution in [2.24, 2.45) is 16.7 Å². The topological polar surface area (TPSA) is 0 Å². The largest absolute Gasteiger partial charge is 0.0759 e. The molecule has 1 atom stereocenters. The molecule has 0 N–H and O–H groups in total. The van der Waals surface area contributed by atoms with E-state index < -0.39 is 0 Å². The summed E-state index contributed by atoms with van der Waals surface area (Å²) in [4.78, 5) is 0. The summed E-state index contributed by atoms with van der Waals surface area (Å²) in [5.41, 5.74) is 11.4. The van der Waals surface area contributed by atoms with Crippen LogP contribution in [0.5, 0.6) is 0 Å². The van der Waals surface area contributed by atoms with E-state index in [4.69, 9.17) is 0 Å². The van der Waals surface area contributed by atoms with E-state index in [-0.39, 0.29) is 10.8 Å². The maximum absolute atomic E-state index is 2.52. The Morgan fingerprint density at radius 1 is 0.808 bits per heavy atom. The lowest BCUT2D eigenvalue weighted by Crippen LogP contribution is -2.42. The van der Waals surface area contributed by atoms with Gasteiger partial charge in [0.25, 0.3) is 0 Å². The van der Waals surface area contributed by atoms with Gasteiger partial charge < -0.3 is 0 Å². The van der Waals surface area contributed by atoms with Crippen LogP contribution in [-0.2, 0) is 12.8 Å². The molecule has 0 heterocycles. The third-order valence-electron chi connectivity index (χ3n) is 7.17. The normalized spacial score (nSPS) is 24.8. The van der Waals surface area contributed by atoms with Crippen LogP contribution >= 0.6 is 0 Å². The number of allylic oxidation sites excluding steroid dienone is 4. The first-order chi connectivity index (χ1) is 12.4. The van der Waals surface area contributed by atoms with Gasteiger partial charge in [0, 0.05) is 0 Å². The molecule has 0 fully saturated rings. The van der Waals surface area contributed by atoms with Crippen LogP contribution < -0.4 is 0 Å². The summed E-state index contributed by atoms with van der Waals surface area (Å²) in [5, 5.41) is 0. The quantitative estimate of drug-likeness (QED) is 0.541. The van der Waals surface area contributed by atoms with Gasteiger partial charge >= 0.3 is 0 Å². The highest BCUT2D eigenvalue weighted by atomic mass is 14.5. The molecule has 0 spiro atoms. The van der Waals surface area contributed by atoms with Crippen LogP contribution in [0.4, 0.5) is 0 Å². The molecule has 26 heavy (non-hydrogen) atoms. The average Bonchev–Trinajstić information content (AvgIpc) is 3.17. The van der Waals surface area contributed by atoms with Crippen molar-refractivity contribution in [1.29, 1.82) is 0 Å². The van der Waals surface area contributed by atoms with Crippen molar-refractivity contribution in [3.8, 4) is 0 Å². The molecule has 0 aromatic heterocycles. The van der Waals surface area contributed by atoms with Crippen molar-refractivity contribution < 1.29 is 0 Å². The molecule has 2 aromatic rings. The van der Waals surface area contributed by atoms with Gasteiger partial charge in [-0.25, -0.2) is 0 Å². The maximum atomic E-state index is 2.52. The van der Waals surface area contributed by atoms with E-state index in [1.807, 2.05) is 0 Å². The minimum atomic E-state index is 0.180. The van der Waals surface area contributed by atoms with E-state index >= 15 is 0 Å². The summed E-state index contributed by atoms with van der Waals surface area (Å²) in [5.74, 6) is 0.562. The number of rotatable bonds is 1. The van der Waals surface area contributed by atoms with E-state index in [1.165, 1.54) is 28.7 Å². The Morgan fingerprint density at radius 3 is 2.23 bits per heavy atom. The van der Waals surface area contributed by atoms with Crippen LogP contribution in [0.2, 0.25) is 0 Å². The highest BCUT2D eigenvalue weighted by molar-refractivity contribution is 5.83. The highest BCUT2D eigenvalue weighted by Gasteiger charge is 2.51. The van der Waals surface area contributed by atoms with Crippen LogP contribution in [0.25, 0.3) is 11.1 Å². The van der Waals surface area contributed by atoms with Crippen LogP contribution in [0, 0.1) is 16.7 Å². The zero-order valence-corrected chi connectivity index (χ0v) is 16.4. The molecule has 0 aliphatic heterocycles. The fourth-order valence-corrected chi connectivity index (χ4v) is 6.35. The second-order valence-corrected chi connectivity index (χ2v) is 9.63. The van der Waals surface area contributed by atoms with E-state index in [9.17, 15) is 0 Å². The molecule has 5 rings (SSSR count). The molecular weight excluding hydrogens is 312 g/mol. The van der Waals surface area contributed by atoms with Gasteiger partial charge in [-0.2, -0.15) is 0 Å². The van der Waals surface area contributed by atoms with Gasteiger partial charge in [-0.15, -0.1) is 0 Å². The van der Waals surface area contributed by atoms with E-state index in [1.54, 1.807) is 16.7 Å². The van der Waals surface area contributed by atoms with Crippen molar-refractivity contribution in [3.63, 3.8) is 0 Å². The van der Waals surface area contributed by atoms with E-state index in [2.05, 4.69) is 82.3 Å². The first-order valence-electron chi connectivity index (χ1n) is 9.99. The molecule has 3 aliphatic rings. The van der Waals surface area contributed by atoms with Gasteiger partial charge in [0.05, 0.1) is 0 Å². The predicted octanol–water partition coefficient (Wildman–Crippen LogP) is 6.71. The molecule has 2 aromatic carbocycles. The van der Waals surface area contributed by atoms with Gasteiger partial charge in [0.15, 0.2) is 0 Å². The fraction of sp³-hybridized carbons (Fsp3) is 0.385. The molecule has 0 radical (unpaired) electrons. The van der Waals surface area contributed by atoms with Crippen molar-refractivity contribution in [1.82, 2.24) is 0 Å². The summed E-state index contributed by atoms with van der Waals surface area (Å²) in [6.07, 6.45) is 5.94. The van der Waals surface area contributed by atoms with Crippen LogP contribution in [0.3, 0.4) is 0 Å². The van der Waals surface area contributed by atoms with Crippen LogP contribution in [0.15, 0.2) is 60.2 Å².